The molecule has 1 heterocycles. The summed E-state index contributed by atoms with van der Waals surface area (Å²) in [6.07, 6.45) is 4.28. The average Bonchev–Trinajstić information content (AvgIpc) is 3.29. The monoisotopic (exact) mass is 1080 g/mol. The molecule has 0 saturated carbocycles. The molecule has 5 aromatic rings. The summed E-state index contributed by atoms with van der Waals surface area (Å²) in [5, 5.41) is 16.8. The van der Waals surface area contributed by atoms with Gasteiger partial charge in [-0.25, -0.2) is 0 Å². The van der Waals surface area contributed by atoms with Crippen LogP contribution in [0.1, 0.15) is 70.0 Å². The molecule has 0 atom stereocenters. The predicted octanol–water partition coefficient (Wildman–Crippen LogP) is 12.0. The summed E-state index contributed by atoms with van der Waals surface area (Å²) < 4.78 is 12.7. The first kappa shape index (κ1) is 56.6. The summed E-state index contributed by atoms with van der Waals surface area (Å²) in [4.78, 5) is 26.6. The molecular formula is C47H58Cl4Ga2N8O4. The van der Waals surface area contributed by atoms with E-state index in [2.05, 4.69) is 54.5 Å². The number of phenols is 1. The quantitative estimate of drug-likeness (QED) is 0.0696. The number of carbonyl (C=O) groups is 1. The van der Waals surface area contributed by atoms with Crippen LogP contribution in [0, 0.1) is 11.3 Å². The minimum atomic E-state index is -3.20. The van der Waals surface area contributed by atoms with E-state index in [1.165, 1.54) is 6.92 Å². The number of rotatable bonds is 10. The summed E-state index contributed by atoms with van der Waals surface area (Å²) in [6, 6.07) is 34.2. The van der Waals surface area contributed by atoms with Gasteiger partial charge in [-0.05, 0) is 38.1 Å². The zero-order valence-electron chi connectivity index (χ0n) is 38.0. The van der Waals surface area contributed by atoms with Gasteiger partial charge in [-0.3, -0.25) is 4.79 Å². The van der Waals surface area contributed by atoms with Crippen molar-refractivity contribution in [2.45, 2.75) is 48.5 Å². The van der Waals surface area contributed by atoms with Crippen molar-refractivity contribution >= 4 is 126 Å². The van der Waals surface area contributed by atoms with E-state index in [4.69, 9.17) is 72.3 Å². The second kappa shape index (κ2) is 31.4. The van der Waals surface area contributed by atoms with Crippen LogP contribution < -0.4 is 33.2 Å². The number of hydrogen-bond donors (Lipinski definition) is 3. The van der Waals surface area contributed by atoms with Crippen molar-refractivity contribution in [3.8, 4) is 23.3 Å². The molecule has 0 radical (unpaired) electrons. The van der Waals surface area contributed by atoms with Gasteiger partial charge in [0.1, 0.15) is 5.75 Å². The number of benzene rings is 5. The van der Waals surface area contributed by atoms with Gasteiger partial charge in [0, 0.05) is 31.8 Å². The van der Waals surface area contributed by atoms with Crippen LogP contribution in [0.3, 0.4) is 0 Å². The second-order valence-electron chi connectivity index (χ2n) is 13.4. The Morgan fingerprint density at radius 1 is 0.662 bits per heavy atom. The van der Waals surface area contributed by atoms with Crippen molar-refractivity contribution < 1.29 is 17.0 Å². The number of hydrogen-bond acceptors (Lipinski definition) is 12. The van der Waals surface area contributed by atoms with Crippen molar-refractivity contribution in [3.63, 3.8) is 0 Å². The average molecular weight is 1080 g/mol. The summed E-state index contributed by atoms with van der Waals surface area (Å²) in [5.74, 6) is 1.41. The Morgan fingerprint density at radius 2 is 1.00 bits per heavy atom. The van der Waals surface area contributed by atoms with Gasteiger partial charge >= 0.3 is 267 Å². The molecule has 0 saturated heterocycles. The van der Waals surface area contributed by atoms with E-state index in [1.807, 2.05) is 93.0 Å². The normalized spacial score (nSPS) is 10.8. The Bertz CT molecular complexity index is 2190. The molecule has 5 aromatic carbocycles. The Hall–Kier alpha value is -4.57. The number of nitrogen functional groups attached to an aromatic ring is 2. The van der Waals surface area contributed by atoms with E-state index >= 15 is 0 Å². The Kier molecular flexibility index (Phi) is 27.3. The number of para-hydroxylation sites is 4. The maximum absolute atomic E-state index is 10.5. The maximum atomic E-state index is 10.5. The number of nitriles is 1. The third-order valence-corrected chi connectivity index (χ3v) is 12.3. The molecule has 0 unspecified atom stereocenters. The fourth-order valence-corrected chi connectivity index (χ4v) is 8.94. The third-order valence-electron chi connectivity index (χ3n) is 9.52. The fourth-order valence-electron chi connectivity index (χ4n) is 6.15. The number of aromatic hydroxyl groups is 1. The molecule has 0 aliphatic carbocycles. The van der Waals surface area contributed by atoms with Crippen LogP contribution in [0.5, 0.6) is 17.2 Å². The Labute approximate surface area is 412 Å². The van der Waals surface area contributed by atoms with Crippen LogP contribution in [0.15, 0.2) is 113 Å². The standard InChI is InChI=1S/C28H34N4O2.C11H15NO2.C6H8N2.C2H3N.4ClH.2Ga/c1-5-31(6-2)23-15-13-21(27(33)17-23)19-29-25-11-9-10-12-26(25)30-20-22-14-16-24(18-28(22)34)32(7-3)8-4;1-3-12(4-2)10-6-5-9(8-13)11(14)7-10;7-5-3-1-2-4-6(5)8;1-2-3;;;;;;/h9-20,33-34H,5-8H2,1-4H3;5-8,14H,3-4H2,1-2H3;1-4H,7-8H2;1H3;4*1H;;/q;;;;;;;;2*+3/p-6. The first-order chi connectivity index (χ1) is 31.2. The number of carbonyl (C=O) groups excluding carboxylic acids is 1. The number of phenolic OH excluding ortho intramolecular Hbond substituents is 1. The molecule has 65 heavy (non-hydrogen) atoms. The molecule has 0 spiro atoms. The number of nitrogens with zero attached hydrogens (tertiary/aromatic N) is 6. The molecule has 6 rings (SSSR count). The van der Waals surface area contributed by atoms with Gasteiger partial charge in [0.25, 0.3) is 0 Å². The number of halogens is 4. The molecule has 1 aliphatic heterocycles. The van der Waals surface area contributed by atoms with Crippen LogP contribution >= 0.6 is 38.6 Å². The van der Waals surface area contributed by atoms with E-state index in [9.17, 15) is 9.90 Å². The Morgan fingerprint density at radius 3 is 1.32 bits per heavy atom. The fraction of sp³-hybridized carbons (Fsp3) is 0.277. The van der Waals surface area contributed by atoms with Gasteiger partial charge in [-0.1, -0.05) is 12.1 Å². The van der Waals surface area contributed by atoms with Crippen molar-refractivity contribution in [1.82, 2.24) is 0 Å². The summed E-state index contributed by atoms with van der Waals surface area (Å²) >= 11 is -5.26. The second-order valence-corrected chi connectivity index (χ2v) is 28.8. The van der Waals surface area contributed by atoms with Crippen molar-refractivity contribution in [3.05, 3.63) is 120 Å². The zero-order chi connectivity index (χ0) is 48.3. The van der Waals surface area contributed by atoms with E-state index < -0.39 is 29.2 Å². The Balaban J connectivity index is 0.000000405. The molecule has 5 N–H and O–H groups in total. The van der Waals surface area contributed by atoms with Crippen molar-refractivity contribution in [2.24, 2.45) is 9.98 Å². The molecule has 12 nitrogen and oxygen atoms in total. The minimum absolute atomic E-state index is 0.0457. The van der Waals surface area contributed by atoms with Gasteiger partial charge in [0.05, 0.1) is 23.0 Å². The zero-order valence-corrected chi connectivity index (χ0v) is 45.8. The predicted molar refractivity (Wildman–Crippen MR) is 281 cm³/mol. The number of aldehydes is 1. The molecule has 344 valence electrons. The first-order valence-electron chi connectivity index (χ1n) is 21.0. The van der Waals surface area contributed by atoms with E-state index in [-0.39, 0.29) is 5.75 Å². The van der Waals surface area contributed by atoms with Crippen molar-refractivity contribution in [2.75, 3.05) is 65.4 Å². The van der Waals surface area contributed by atoms with Crippen LogP contribution in [-0.4, -0.2) is 92.3 Å². The topological polar surface area (TPSA) is 166 Å². The number of aliphatic imine (C=N–C) groups is 2. The molecule has 0 amide bonds. The van der Waals surface area contributed by atoms with Crippen molar-refractivity contribution in [1.29, 1.82) is 5.26 Å². The molecular weight excluding hydrogens is 1020 g/mol. The third kappa shape index (κ3) is 19.4. The molecule has 0 fully saturated rings. The summed E-state index contributed by atoms with van der Waals surface area (Å²) in [6.45, 7) is 19.5. The van der Waals surface area contributed by atoms with E-state index in [0.717, 1.165) is 78.8 Å². The SMILES string of the molecule is CC#N.CCN(CC)c1ccc(C=O)c(O)c1.CCN(CC)c1ccc2c(c1)[O][Ga]([Cl])[O]c1cc(N(CC)CC)ccc1C=Nc1ccccc1N=C2.Nc1ccccc1N.[Cl][Ga]([Cl])[Cl]. The van der Waals surface area contributed by atoms with E-state index in [1.54, 1.807) is 30.3 Å². The molecule has 1 aliphatic rings. The number of nitrogens with two attached hydrogens (primary N) is 2. The number of anilines is 5. The summed E-state index contributed by atoms with van der Waals surface area (Å²) in [5.41, 5.74) is 18.8. The van der Waals surface area contributed by atoms with Gasteiger partial charge in [0.15, 0.2) is 6.29 Å². The van der Waals surface area contributed by atoms with Gasteiger partial charge in [0.2, 0.25) is 0 Å². The van der Waals surface area contributed by atoms with Crippen LogP contribution in [-0.2, 0) is 0 Å². The first-order valence-corrected chi connectivity index (χ1v) is 35.7. The van der Waals surface area contributed by atoms with Crippen LogP contribution in [0.2, 0.25) is 0 Å². The molecule has 0 aromatic heterocycles. The van der Waals surface area contributed by atoms with Gasteiger partial charge < -0.3 is 21.5 Å². The van der Waals surface area contributed by atoms with Crippen LogP contribution in [0.25, 0.3) is 0 Å². The molecule has 18 heteroatoms. The molecule has 0 bridgehead atoms. The van der Waals surface area contributed by atoms with Crippen LogP contribution in [0.4, 0.5) is 39.8 Å². The summed E-state index contributed by atoms with van der Waals surface area (Å²) in [7, 11) is 21.8. The van der Waals surface area contributed by atoms with E-state index in [0.29, 0.717) is 34.7 Å². The number of fused-ring (bicyclic) bond motifs is 3. The van der Waals surface area contributed by atoms with Gasteiger partial charge in [-0.2, -0.15) is 5.26 Å². The van der Waals surface area contributed by atoms with Gasteiger partial charge in [-0.15, -0.1) is 0 Å².